The number of thioether (sulfide) groups is 1. The Morgan fingerprint density at radius 1 is 1.37 bits per heavy atom. The van der Waals surface area contributed by atoms with E-state index in [1.54, 1.807) is 5.56 Å². The van der Waals surface area contributed by atoms with Gasteiger partial charge < -0.3 is 10.3 Å². The van der Waals surface area contributed by atoms with Crippen LogP contribution in [0.2, 0.25) is 0 Å². The Hall–Kier alpha value is -0.930. The predicted octanol–water partition coefficient (Wildman–Crippen LogP) is 3.89. The van der Waals surface area contributed by atoms with E-state index >= 15 is 0 Å². The highest BCUT2D eigenvalue weighted by molar-refractivity contribution is 7.98. The Morgan fingerprint density at radius 2 is 2.26 bits per heavy atom. The van der Waals surface area contributed by atoms with Gasteiger partial charge in [-0.1, -0.05) is 18.2 Å². The number of H-pyrrole nitrogens is 1. The Morgan fingerprint density at radius 3 is 3.16 bits per heavy atom. The minimum absolute atomic E-state index is 0.526. The van der Waals surface area contributed by atoms with Gasteiger partial charge in [-0.3, -0.25) is 0 Å². The van der Waals surface area contributed by atoms with Gasteiger partial charge >= 0.3 is 0 Å². The molecule has 0 aliphatic heterocycles. The molecular weight excluding hydrogens is 252 g/mol. The van der Waals surface area contributed by atoms with Crippen LogP contribution in [0.5, 0.6) is 0 Å². The molecule has 0 amide bonds. The second kappa shape index (κ2) is 6.02. The zero-order valence-corrected chi connectivity index (χ0v) is 12.4. The van der Waals surface area contributed by atoms with Crippen LogP contribution < -0.4 is 5.32 Å². The molecule has 0 radical (unpaired) electrons. The second-order valence-electron chi connectivity index (χ2n) is 5.31. The van der Waals surface area contributed by atoms with Crippen molar-refractivity contribution in [2.24, 2.45) is 0 Å². The van der Waals surface area contributed by atoms with E-state index in [1.165, 1.54) is 48.0 Å². The minimum Gasteiger partial charge on any atom is -0.357 e. The van der Waals surface area contributed by atoms with Gasteiger partial charge in [0.1, 0.15) is 0 Å². The fourth-order valence-electron chi connectivity index (χ4n) is 3.11. The lowest BCUT2D eigenvalue weighted by atomic mass is 9.91. The van der Waals surface area contributed by atoms with E-state index in [1.807, 2.05) is 11.8 Å². The molecule has 1 aliphatic rings. The molecule has 102 valence electrons. The molecule has 2 nitrogen and oxygen atoms in total. The normalized spacial score (nSPS) is 18.7. The standard InChI is InChI=1S/C16H22N2S/c1-19-11-5-10-17-15-9-4-7-13-12-6-2-3-8-14(12)18-16(13)15/h2-3,6,8,15,17-18H,4-5,7,9-11H2,1H3. The number of para-hydroxylation sites is 1. The molecule has 0 saturated carbocycles. The van der Waals surface area contributed by atoms with Gasteiger partial charge in [-0.2, -0.15) is 11.8 Å². The van der Waals surface area contributed by atoms with Gasteiger partial charge in [0.05, 0.1) is 0 Å². The van der Waals surface area contributed by atoms with Crippen LogP contribution in [0.25, 0.3) is 10.9 Å². The summed E-state index contributed by atoms with van der Waals surface area (Å²) >= 11 is 1.93. The number of aryl methyl sites for hydroxylation is 1. The number of nitrogens with one attached hydrogen (secondary N) is 2. The smallest absolute Gasteiger partial charge is 0.0476 e. The fraction of sp³-hybridized carbons (Fsp3) is 0.500. The highest BCUT2D eigenvalue weighted by Crippen LogP contribution is 2.34. The first-order chi connectivity index (χ1) is 9.40. The fourth-order valence-corrected chi connectivity index (χ4v) is 3.54. The average Bonchev–Trinajstić information content (AvgIpc) is 2.83. The van der Waals surface area contributed by atoms with E-state index in [2.05, 4.69) is 40.8 Å². The summed E-state index contributed by atoms with van der Waals surface area (Å²) in [6.07, 6.45) is 7.22. The molecule has 0 saturated heterocycles. The first-order valence-corrected chi connectivity index (χ1v) is 8.61. The van der Waals surface area contributed by atoms with Gasteiger partial charge in [0.2, 0.25) is 0 Å². The number of aromatic nitrogens is 1. The maximum atomic E-state index is 3.73. The minimum atomic E-state index is 0.526. The van der Waals surface area contributed by atoms with E-state index in [4.69, 9.17) is 0 Å². The molecule has 1 atom stereocenters. The van der Waals surface area contributed by atoms with Crippen LogP contribution >= 0.6 is 11.8 Å². The maximum absolute atomic E-state index is 3.73. The number of rotatable bonds is 5. The van der Waals surface area contributed by atoms with E-state index in [9.17, 15) is 0 Å². The number of aromatic amines is 1. The third-order valence-corrected chi connectivity index (χ3v) is 4.73. The third kappa shape index (κ3) is 2.67. The molecule has 1 aromatic heterocycles. The Labute approximate surface area is 119 Å². The summed E-state index contributed by atoms with van der Waals surface area (Å²) < 4.78 is 0. The maximum Gasteiger partial charge on any atom is 0.0476 e. The SMILES string of the molecule is CSCCCNC1CCCc2c1[nH]c1ccccc21. The van der Waals surface area contributed by atoms with Gasteiger partial charge in [-0.05, 0) is 55.9 Å². The molecule has 2 aromatic rings. The lowest BCUT2D eigenvalue weighted by Crippen LogP contribution is -2.26. The van der Waals surface area contributed by atoms with E-state index in [0.29, 0.717) is 6.04 Å². The topological polar surface area (TPSA) is 27.8 Å². The number of hydrogen-bond acceptors (Lipinski definition) is 2. The van der Waals surface area contributed by atoms with Crippen LogP contribution in [-0.2, 0) is 6.42 Å². The molecule has 1 aromatic carbocycles. The molecule has 0 fully saturated rings. The number of hydrogen-bond donors (Lipinski definition) is 2. The van der Waals surface area contributed by atoms with Crippen LogP contribution in [0.1, 0.15) is 36.6 Å². The van der Waals surface area contributed by atoms with Gasteiger partial charge in [-0.25, -0.2) is 0 Å². The lowest BCUT2D eigenvalue weighted by molar-refractivity contribution is 0.454. The van der Waals surface area contributed by atoms with Gasteiger partial charge in [0, 0.05) is 22.6 Å². The van der Waals surface area contributed by atoms with Crippen molar-refractivity contribution >= 4 is 22.7 Å². The van der Waals surface area contributed by atoms with Crippen LogP contribution in [-0.4, -0.2) is 23.5 Å². The van der Waals surface area contributed by atoms with Crippen molar-refractivity contribution in [1.82, 2.24) is 10.3 Å². The monoisotopic (exact) mass is 274 g/mol. The zero-order chi connectivity index (χ0) is 13.1. The Bertz CT molecular complexity index is 547. The highest BCUT2D eigenvalue weighted by atomic mass is 32.2. The highest BCUT2D eigenvalue weighted by Gasteiger charge is 2.23. The largest absolute Gasteiger partial charge is 0.357 e. The summed E-state index contributed by atoms with van der Waals surface area (Å²) in [5, 5.41) is 5.15. The van der Waals surface area contributed by atoms with Gasteiger partial charge in [0.25, 0.3) is 0 Å². The van der Waals surface area contributed by atoms with Gasteiger partial charge in [-0.15, -0.1) is 0 Å². The molecular formula is C16H22N2S. The van der Waals surface area contributed by atoms with Crippen molar-refractivity contribution in [3.8, 4) is 0 Å². The van der Waals surface area contributed by atoms with Crippen LogP contribution in [0.3, 0.4) is 0 Å². The van der Waals surface area contributed by atoms with Crippen molar-refractivity contribution < 1.29 is 0 Å². The molecule has 3 rings (SSSR count). The summed E-state index contributed by atoms with van der Waals surface area (Å²) in [5.41, 5.74) is 4.28. The number of benzene rings is 1. The van der Waals surface area contributed by atoms with Crippen LogP contribution in [0, 0.1) is 0 Å². The second-order valence-corrected chi connectivity index (χ2v) is 6.29. The van der Waals surface area contributed by atoms with Crippen LogP contribution in [0.4, 0.5) is 0 Å². The predicted molar refractivity (Wildman–Crippen MR) is 85.0 cm³/mol. The molecule has 1 unspecified atom stereocenters. The average molecular weight is 274 g/mol. The quantitative estimate of drug-likeness (QED) is 0.810. The van der Waals surface area contributed by atoms with Gasteiger partial charge in [0.15, 0.2) is 0 Å². The first kappa shape index (κ1) is 13.1. The molecule has 1 heterocycles. The zero-order valence-electron chi connectivity index (χ0n) is 11.5. The molecule has 3 heteroatoms. The third-order valence-electron chi connectivity index (χ3n) is 4.03. The lowest BCUT2D eigenvalue weighted by Gasteiger charge is -2.24. The Balaban J connectivity index is 1.79. The summed E-state index contributed by atoms with van der Waals surface area (Å²) in [5.74, 6) is 1.25. The molecule has 2 N–H and O–H groups in total. The summed E-state index contributed by atoms with van der Waals surface area (Å²) in [6.45, 7) is 1.13. The van der Waals surface area contributed by atoms with E-state index < -0.39 is 0 Å². The first-order valence-electron chi connectivity index (χ1n) is 7.22. The van der Waals surface area contributed by atoms with E-state index in [-0.39, 0.29) is 0 Å². The van der Waals surface area contributed by atoms with E-state index in [0.717, 1.165) is 6.54 Å². The van der Waals surface area contributed by atoms with Crippen molar-refractivity contribution in [3.63, 3.8) is 0 Å². The Kier molecular flexibility index (Phi) is 4.14. The van der Waals surface area contributed by atoms with Crippen molar-refractivity contribution in [3.05, 3.63) is 35.5 Å². The summed E-state index contributed by atoms with van der Waals surface area (Å²) in [4.78, 5) is 3.64. The van der Waals surface area contributed by atoms with Crippen molar-refractivity contribution in [1.29, 1.82) is 0 Å². The molecule has 1 aliphatic carbocycles. The summed E-state index contributed by atoms with van der Waals surface area (Å²) in [7, 11) is 0. The van der Waals surface area contributed by atoms with Crippen molar-refractivity contribution in [2.45, 2.75) is 31.7 Å². The molecule has 19 heavy (non-hydrogen) atoms. The summed E-state index contributed by atoms with van der Waals surface area (Å²) in [6, 6.07) is 9.23. The molecule has 0 bridgehead atoms. The number of fused-ring (bicyclic) bond motifs is 3. The van der Waals surface area contributed by atoms with Crippen LogP contribution in [0.15, 0.2) is 24.3 Å². The molecule has 0 spiro atoms. The van der Waals surface area contributed by atoms with Crippen molar-refractivity contribution in [2.75, 3.05) is 18.6 Å².